The molecular formula is C14H11BrCl2OS. The molecule has 5 heteroatoms. The summed E-state index contributed by atoms with van der Waals surface area (Å²) < 4.78 is 6.38. The van der Waals surface area contributed by atoms with E-state index in [1.165, 1.54) is 0 Å². The van der Waals surface area contributed by atoms with E-state index < -0.39 is 0 Å². The van der Waals surface area contributed by atoms with Gasteiger partial charge in [-0.2, -0.15) is 0 Å². The van der Waals surface area contributed by atoms with E-state index in [4.69, 9.17) is 27.9 Å². The predicted octanol–water partition coefficient (Wildman–Crippen LogP) is 6.06. The predicted molar refractivity (Wildman–Crippen MR) is 86.7 cm³/mol. The minimum atomic E-state index is 0.688. The largest absolute Gasteiger partial charge is 0.496 e. The van der Waals surface area contributed by atoms with Gasteiger partial charge in [-0.25, -0.2) is 0 Å². The fourth-order valence-electron chi connectivity index (χ4n) is 1.60. The van der Waals surface area contributed by atoms with Crippen LogP contribution in [0.4, 0.5) is 0 Å². The van der Waals surface area contributed by atoms with E-state index in [2.05, 4.69) is 15.9 Å². The molecule has 2 rings (SSSR count). The van der Waals surface area contributed by atoms with Crippen LogP contribution in [-0.4, -0.2) is 7.11 Å². The second-order valence-corrected chi connectivity index (χ2v) is 6.60. The Kier molecular flexibility index (Phi) is 5.46. The molecule has 0 bridgehead atoms. The molecule has 0 radical (unpaired) electrons. The molecule has 0 saturated carbocycles. The van der Waals surface area contributed by atoms with E-state index in [1.54, 1.807) is 24.9 Å². The van der Waals surface area contributed by atoms with Crippen LogP contribution in [0, 0.1) is 0 Å². The van der Waals surface area contributed by atoms with Gasteiger partial charge >= 0.3 is 0 Å². The average molecular weight is 378 g/mol. The van der Waals surface area contributed by atoms with Crippen LogP contribution < -0.4 is 4.74 Å². The highest BCUT2D eigenvalue weighted by molar-refractivity contribution is 9.10. The van der Waals surface area contributed by atoms with Gasteiger partial charge in [-0.05, 0) is 36.4 Å². The third kappa shape index (κ3) is 4.06. The van der Waals surface area contributed by atoms with Crippen LogP contribution in [0.15, 0.2) is 45.8 Å². The van der Waals surface area contributed by atoms with Crippen molar-refractivity contribution < 1.29 is 4.74 Å². The van der Waals surface area contributed by atoms with Gasteiger partial charge in [0.2, 0.25) is 0 Å². The lowest BCUT2D eigenvalue weighted by atomic mass is 10.2. The number of halogens is 3. The second-order valence-electron chi connectivity index (χ2n) is 3.82. The molecule has 0 aliphatic carbocycles. The molecule has 0 aliphatic heterocycles. The van der Waals surface area contributed by atoms with Gasteiger partial charge in [0.1, 0.15) is 5.75 Å². The zero-order valence-electron chi connectivity index (χ0n) is 10.1. The SMILES string of the molecule is COc1ccc(Br)cc1CSc1cc(Cl)ccc1Cl. The first-order chi connectivity index (χ1) is 9.10. The number of methoxy groups -OCH3 is 1. The molecule has 0 amide bonds. The molecule has 0 aromatic heterocycles. The normalized spacial score (nSPS) is 10.5. The van der Waals surface area contributed by atoms with Crippen molar-refractivity contribution in [3.05, 3.63) is 56.5 Å². The first kappa shape index (κ1) is 15.0. The van der Waals surface area contributed by atoms with Crippen molar-refractivity contribution in [1.29, 1.82) is 0 Å². The lowest BCUT2D eigenvalue weighted by Crippen LogP contribution is -1.90. The Bertz CT molecular complexity index is 590. The summed E-state index contributed by atoms with van der Waals surface area (Å²) in [6.07, 6.45) is 0. The topological polar surface area (TPSA) is 9.23 Å². The van der Waals surface area contributed by atoms with Crippen LogP contribution in [0.3, 0.4) is 0 Å². The Morgan fingerprint density at radius 1 is 1.16 bits per heavy atom. The summed E-state index contributed by atoms with van der Waals surface area (Å²) >= 11 is 17.2. The number of hydrogen-bond donors (Lipinski definition) is 0. The molecule has 0 spiro atoms. The summed E-state index contributed by atoms with van der Waals surface area (Å²) in [5, 5.41) is 1.40. The molecule has 0 saturated heterocycles. The first-order valence-electron chi connectivity index (χ1n) is 5.50. The molecular weight excluding hydrogens is 367 g/mol. The zero-order chi connectivity index (χ0) is 13.8. The second kappa shape index (κ2) is 6.89. The Morgan fingerprint density at radius 3 is 2.68 bits per heavy atom. The van der Waals surface area contributed by atoms with Gasteiger partial charge in [-0.3, -0.25) is 0 Å². The minimum absolute atomic E-state index is 0.688. The molecule has 2 aromatic carbocycles. The van der Waals surface area contributed by atoms with Crippen LogP contribution in [0.1, 0.15) is 5.56 Å². The quantitative estimate of drug-likeness (QED) is 0.599. The van der Waals surface area contributed by atoms with E-state index in [9.17, 15) is 0 Å². The average Bonchev–Trinajstić information content (AvgIpc) is 2.40. The van der Waals surface area contributed by atoms with E-state index in [-0.39, 0.29) is 0 Å². The summed E-state index contributed by atoms with van der Waals surface area (Å²) in [6.45, 7) is 0. The summed E-state index contributed by atoms with van der Waals surface area (Å²) in [4.78, 5) is 0.969. The minimum Gasteiger partial charge on any atom is -0.496 e. The lowest BCUT2D eigenvalue weighted by Gasteiger charge is -2.09. The van der Waals surface area contributed by atoms with Gasteiger partial charge in [0.05, 0.1) is 12.1 Å². The van der Waals surface area contributed by atoms with Crippen LogP contribution in [0.2, 0.25) is 10.0 Å². The highest BCUT2D eigenvalue weighted by Gasteiger charge is 2.07. The molecule has 100 valence electrons. The van der Waals surface area contributed by atoms with Crippen molar-refractivity contribution in [2.75, 3.05) is 7.11 Å². The van der Waals surface area contributed by atoms with E-state index in [1.807, 2.05) is 30.3 Å². The van der Waals surface area contributed by atoms with Crippen molar-refractivity contribution in [2.24, 2.45) is 0 Å². The molecule has 2 aromatic rings. The van der Waals surface area contributed by atoms with Crippen LogP contribution in [0.5, 0.6) is 5.75 Å². The highest BCUT2D eigenvalue weighted by Crippen LogP contribution is 2.34. The van der Waals surface area contributed by atoms with Crippen molar-refractivity contribution in [1.82, 2.24) is 0 Å². The van der Waals surface area contributed by atoms with Gasteiger partial charge in [0, 0.05) is 25.7 Å². The number of rotatable bonds is 4. The first-order valence-corrected chi connectivity index (χ1v) is 8.04. The molecule has 0 aliphatic rings. The highest BCUT2D eigenvalue weighted by atomic mass is 79.9. The Morgan fingerprint density at radius 2 is 1.95 bits per heavy atom. The molecule has 19 heavy (non-hydrogen) atoms. The molecule has 0 atom stereocenters. The maximum absolute atomic E-state index is 6.15. The monoisotopic (exact) mass is 376 g/mol. The Hall–Kier alpha value is -0.350. The van der Waals surface area contributed by atoms with Crippen molar-refractivity contribution in [3.8, 4) is 5.75 Å². The molecule has 0 heterocycles. The van der Waals surface area contributed by atoms with Crippen molar-refractivity contribution >= 4 is 50.9 Å². The number of benzene rings is 2. The molecule has 0 unspecified atom stereocenters. The lowest BCUT2D eigenvalue weighted by molar-refractivity contribution is 0.411. The van der Waals surface area contributed by atoms with Gasteiger partial charge < -0.3 is 4.74 Å². The van der Waals surface area contributed by atoms with E-state index >= 15 is 0 Å². The Labute approximate surface area is 135 Å². The van der Waals surface area contributed by atoms with E-state index in [0.29, 0.717) is 10.0 Å². The number of hydrogen-bond acceptors (Lipinski definition) is 2. The smallest absolute Gasteiger partial charge is 0.122 e. The van der Waals surface area contributed by atoms with Crippen molar-refractivity contribution in [2.45, 2.75) is 10.6 Å². The summed E-state index contributed by atoms with van der Waals surface area (Å²) in [5.74, 6) is 1.64. The van der Waals surface area contributed by atoms with Crippen molar-refractivity contribution in [3.63, 3.8) is 0 Å². The summed E-state index contributed by atoms with van der Waals surface area (Å²) in [6, 6.07) is 11.4. The summed E-state index contributed by atoms with van der Waals surface area (Å²) in [5.41, 5.74) is 1.11. The molecule has 0 N–H and O–H groups in total. The van der Waals surface area contributed by atoms with Crippen LogP contribution in [-0.2, 0) is 5.75 Å². The van der Waals surface area contributed by atoms with Gasteiger partial charge in [-0.15, -0.1) is 11.8 Å². The standard InChI is InChI=1S/C14H11BrCl2OS/c1-18-13-5-2-10(15)6-9(13)8-19-14-7-11(16)3-4-12(14)17/h2-7H,8H2,1H3. The van der Waals surface area contributed by atoms with Gasteiger partial charge in [-0.1, -0.05) is 39.1 Å². The third-order valence-electron chi connectivity index (χ3n) is 2.52. The number of thioether (sulfide) groups is 1. The fraction of sp³-hybridized carbons (Fsp3) is 0.143. The van der Waals surface area contributed by atoms with Gasteiger partial charge in [0.25, 0.3) is 0 Å². The fourth-order valence-corrected chi connectivity index (χ4v) is 3.48. The van der Waals surface area contributed by atoms with Crippen LogP contribution >= 0.6 is 50.9 Å². The number of ether oxygens (including phenoxy) is 1. The third-order valence-corrected chi connectivity index (χ3v) is 4.79. The Balaban J connectivity index is 2.18. The summed E-state index contributed by atoms with van der Waals surface area (Å²) in [7, 11) is 1.67. The molecule has 1 nitrogen and oxygen atoms in total. The maximum atomic E-state index is 6.15. The van der Waals surface area contributed by atoms with Crippen LogP contribution in [0.25, 0.3) is 0 Å². The molecule has 0 fully saturated rings. The van der Waals surface area contributed by atoms with E-state index in [0.717, 1.165) is 26.4 Å². The zero-order valence-corrected chi connectivity index (χ0v) is 14.0. The maximum Gasteiger partial charge on any atom is 0.122 e. The van der Waals surface area contributed by atoms with Gasteiger partial charge in [0.15, 0.2) is 0 Å².